The molecule has 0 aliphatic heterocycles. The van der Waals surface area contributed by atoms with Gasteiger partial charge in [-0.3, -0.25) is 14.9 Å². The van der Waals surface area contributed by atoms with Crippen molar-refractivity contribution in [3.8, 4) is 5.75 Å². The SMILES string of the molecule is O=C(COC(=O)c1ccccc1OC(F)F)NC(=O)c1cccs1. The van der Waals surface area contributed by atoms with Crippen LogP contribution in [0.25, 0.3) is 0 Å². The summed E-state index contributed by atoms with van der Waals surface area (Å²) in [6.07, 6.45) is 0. The van der Waals surface area contributed by atoms with Gasteiger partial charge >= 0.3 is 12.6 Å². The van der Waals surface area contributed by atoms with Gasteiger partial charge in [0.2, 0.25) is 0 Å². The number of ether oxygens (including phenoxy) is 2. The molecule has 6 nitrogen and oxygen atoms in total. The highest BCUT2D eigenvalue weighted by Gasteiger charge is 2.18. The standard InChI is InChI=1S/C15H11F2NO5S/c16-15(17)23-10-5-2-1-4-9(10)14(21)22-8-12(19)18-13(20)11-6-3-7-24-11/h1-7,15H,8H2,(H,18,19,20). The Morgan fingerprint density at radius 2 is 1.88 bits per heavy atom. The number of halogens is 2. The van der Waals surface area contributed by atoms with E-state index >= 15 is 0 Å². The molecule has 2 amide bonds. The summed E-state index contributed by atoms with van der Waals surface area (Å²) < 4.78 is 33.5. The Labute approximate surface area is 139 Å². The highest BCUT2D eigenvalue weighted by Crippen LogP contribution is 2.21. The van der Waals surface area contributed by atoms with Crippen LogP contribution in [-0.2, 0) is 9.53 Å². The van der Waals surface area contributed by atoms with E-state index in [-0.39, 0.29) is 11.3 Å². The zero-order valence-electron chi connectivity index (χ0n) is 12.0. The van der Waals surface area contributed by atoms with Gasteiger partial charge in [-0.15, -0.1) is 11.3 Å². The number of carbonyl (C=O) groups is 3. The fraction of sp³-hybridized carbons (Fsp3) is 0.133. The Kier molecular flexibility index (Phi) is 5.96. The first kappa shape index (κ1) is 17.5. The Bertz CT molecular complexity index is 733. The molecule has 1 aromatic heterocycles. The van der Waals surface area contributed by atoms with E-state index in [1.807, 2.05) is 5.32 Å². The van der Waals surface area contributed by atoms with Crippen molar-refractivity contribution in [3.05, 3.63) is 52.2 Å². The molecule has 0 bridgehead atoms. The number of benzene rings is 1. The summed E-state index contributed by atoms with van der Waals surface area (Å²) >= 11 is 1.14. The molecule has 0 saturated heterocycles. The van der Waals surface area contributed by atoms with Crippen LogP contribution in [0.3, 0.4) is 0 Å². The van der Waals surface area contributed by atoms with E-state index in [1.54, 1.807) is 11.4 Å². The number of nitrogens with one attached hydrogen (secondary N) is 1. The van der Waals surface area contributed by atoms with Gasteiger partial charge in [0.15, 0.2) is 6.61 Å². The number of alkyl halides is 2. The molecule has 24 heavy (non-hydrogen) atoms. The minimum atomic E-state index is -3.11. The molecule has 0 aliphatic carbocycles. The first-order valence-corrected chi connectivity index (χ1v) is 7.44. The maximum atomic E-state index is 12.3. The summed E-state index contributed by atoms with van der Waals surface area (Å²) in [7, 11) is 0. The third-order valence-electron chi connectivity index (χ3n) is 2.66. The number of hydrogen-bond acceptors (Lipinski definition) is 6. The Morgan fingerprint density at radius 3 is 2.54 bits per heavy atom. The van der Waals surface area contributed by atoms with Crippen molar-refractivity contribution in [2.24, 2.45) is 0 Å². The van der Waals surface area contributed by atoms with E-state index in [1.165, 1.54) is 30.3 Å². The third-order valence-corrected chi connectivity index (χ3v) is 3.52. The van der Waals surface area contributed by atoms with Gasteiger partial charge in [0.25, 0.3) is 11.8 Å². The van der Waals surface area contributed by atoms with Crippen molar-refractivity contribution >= 4 is 29.1 Å². The molecule has 1 N–H and O–H groups in total. The summed E-state index contributed by atoms with van der Waals surface area (Å²) in [5.74, 6) is -2.85. The predicted octanol–water partition coefficient (Wildman–Crippen LogP) is 2.46. The van der Waals surface area contributed by atoms with Gasteiger partial charge in [-0.05, 0) is 23.6 Å². The Hall–Kier alpha value is -2.81. The maximum Gasteiger partial charge on any atom is 0.387 e. The van der Waals surface area contributed by atoms with Gasteiger partial charge in [0.05, 0.1) is 4.88 Å². The number of esters is 1. The summed E-state index contributed by atoms with van der Waals surface area (Å²) in [6.45, 7) is -3.84. The van der Waals surface area contributed by atoms with Crippen LogP contribution in [0.1, 0.15) is 20.0 Å². The number of thiophene rings is 1. The topological polar surface area (TPSA) is 81.7 Å². The van der Waals surface area contributed by atoms with E-state index in [2.05, 4.69) is 4.74 Å². The largest absolute Gasteiger partial charge is 0.452 e. The third kappa shape index (κ3) is 4.85. The summed E-state index contributed by atoms with van der Waals surface area (Å²) in [5.41, 5.74) is -0.254. The van der Waals surface area contributed by atoms with Crippen molar-refractivity contribution in [2.45, 2.75) is 6.61 Å². The van der Waals surface area contributed by atoms with Gasteiger partial charge in [-0.1, -0.05) is 18.2 Å². The molecule has 2 aromatic rings. The zero-order valence-corrected chi connectivity index (χ0v) is 12.8. The minimum Gasteiger partial charge on any atom is -0.452 e. The number of para-hydroxylation sites is 1. The molecule has 1 aromatic carbocycles. The molecule has 9 heteroatoms. The van der Waals surface area contributed by atoms with Crippen LogP contribution in [0.2, 0.25) is 0 Å². The first-order chi connectivity index (χ1) is 11.5. The van der Waals surface area contributed by atoms with Gasteiger partial charge in [-0.25, -0.2) is 4.79 Å². The van der Waals surface area contributed by atoms with Gasteiger partial charge in [0.1, 0.15) is 11.3 Å². The van der Waals surface area contributed by atoms with E-state index in [4.69, 9.17) is 4.74 Å². The van der Waals surface area contributed by atoms with Crippen LogP contribution in [0.15, 0.2) is 41.8 Å². The lowest BCUT2D eigenvalue weighted by Gasteiger charge is -2.10. The predicted molar refractivity (Wildman–Crippen MR) is 80.1 cm³/mol. The van der Waals surface area contributed by atoms with Crippen molar-refractivity contribution in [3.63, 3.8) is 0 Å². The molecule has 126 valence electrons. The van der Waals surface area contributed by atoms with Crippen LogP contribution >= 0.6 is 11.3 Å². The molecule has 0 fully saturated rings. The Morgan fingerprint density at radius 1 is 1.12 bits per heavy atom. The molecule has 0 spiro atoms. The average Bonchev–Trinajstić information content (AvgIpc) is 3.07. The van der Waals surface area contributed by atoms with Crippen LogP contribution in [0.4, 0.5) is 8.78 Å². The number of amides is 2. The quantitative estimate of drug-likeness (QED) is 0.805. The molecule has 0 aliphatic rings. The van der Waals surface area contributed by atoms with Crippen molar-refractivity contribution in [1.29, 1.82) is 0 Å². The highest BCUT2D eigenvalue weighted by molar-refractivity contribution is 7.12. The molecule has 0 saturated carbocycles. The maximum absolute atomic E-state index is 12.3. The lowest BCUT2D eigenvalue weighted by molar-refractivity contribution is -0.123. The second kappa shape index (κ2) is 8.16. The second-order valence-corrected chi connectivity index (χ2v) is 5.25. The zero-order chi connectivity index (χ0) is 17.5. The van der Waals surface area contributed by atoms with Crippen LogP contribution in [-0.4, -0.2) is 31.0 Å². The Balaban J connectivity index is 1.91. The van der Waals surface area contributed by atoms with Crippen LogP contribution in [0.5, 0.6) is 5.75 Å². The van der Waals surface area contributed by atoms with Gasteiger partial charge in [-0.2, -0.15) is 8.78 Å². The molecule has 0 radical (unpaired) electrons. The van der Waals surface area contributed by atoms with Gasteiger partial charge in [0, 0.05) is 0 Å². The van der Waals surface area contributed by atoms with Crippen LogP contribution in [0, 0.1) is 0 Å². The van der Waals surface area contributed by atoms with E-state index in [0.29, 0.717) is 4.88 Å². The average molecular weight is 355 g/mol. The van der Waals surface area contributed by atoms with Crippen molar-refractivity contribution in [2.75, 3.05) is 6.61 Å². The molecular formula is C15H11F2NO5S. The van der Waals surface area contributed by atoms with Crippen molar-refractivity contribution in [1.82, 2.24) is 5.32 Å². The van der Waals surface area contributed by atoms with E-state index < -0.39 is 31.0 Å². The fourth-order valence-corrected chi connectivity index (χ4v) is 2.29. The molecule has 0 atom stereocenters. The number of imide groups is 1. The fourth-order valence-electron chi connectivity index (χ4n) is 1.67. The number of carbonyl (C=O) groups excluding carboxylic acids is 3. The van der Waals surface area contributed by atoms with Crippen molar-refractivity contribution < 1.29 is 32.6 Å². The molecule has 0 unspecified atom stereocenters. The smallest absolute Gasteiger partial charge is 0.387 e. The van der Waals surface area contributed by atoms with Crippen LogP contribution < -0.4 is 10.1 Å². The van der Waals surface area contributed by atoms with E-state index in [0.717, 1.165) is 11.3 Å². The lowest BCUT2D eigenvalue weighted by Crippen LogP contribution is -2.33. The second-order valence-electron chi connectivity index (χ2n) is 4.31. The first-order valence-electron chi connectivity index (χ1n) is 6.56. The summed E-state index contributed by atoms with van der Waals surface area (Å²) in [6, 6.07) is 8.38. The summed E-state index contributed by atoms with van der Waals surface area (Å²) in [5, 5.41) is 3.71. The van der Waals surface area contributed by atoms with Gasteiger partial charge < -0.3 is 9.47 Å². The number of rotatable bonds is 6. The minimum absolute atomic E-state index is 0.254. The normalized spacial score (nSPS) is 10.3. The number of hydrogen-bond donors (Lipinski definition) is 1. The highest BCUT2D eigenvalue weighted by atomic mass is 32.1. The monoisotopic (exact) mass is 355 g/mol. The van der Waals surface area contributed by atoms with E-state index in [9.17, 15) is 23.2 Å². The molecular weight excluding hydrogens is 344 g/mol. The molecule has 2 rings (SSSR count). The molecule has 1 heterocycles. The lowest BCUT2D eigenvalue weighted by atomic mass is 10.2. The summed E-state index contributed by atoms with van der Waals surface area (Å²) in [4.78, 5) is 35.4.